The molecule has 17 heavy (non-hydrogen) atoms. The van der Waals surface area contributed by atoms with Crippen LogP contribution >= 0.6 is 12.6 Å². The van der Waals surface area contributed by atoms with Crippen LogP contribution in [-0.4, -0.2) is 45.1 Å². The van der Waals surface area contributed by atoms with Crippen LogP contribution in [-0.2, 0) is 14.4 Å². The first-order valence-electron chi connectivity index (χ1n) is 5.18. The Morgan fingerprint density at radius 3 is 2.41 bits per heavy atom. The lowest BCUT2D eigenvalue weighted by Crippen LogP contribution is -2.52. The molecule has 1 saturated heterocycles. The molecule has 0 aromatic heterocycles. The Bertz CT molecular complexity index is 364. The van der Waals surface area contributed by atoms with Crippen LogP contribution in [0.25, 0.3) is 0 Å². The molecule has 7 heteroatoms. The summed E-state index contributed by atoms with van der Waals surface area (Å²) in [5.74, 6) is -2.70. The summed E-state index contributed by atoms with van der Waals surface area (Å²) >= 11 is 4.20. The lowest BCUT2D eigenvalue weighted by atomic mass is 10.0. The summed E-state index contributed by atoms with van der Waals surface area (Å²) in [4.78, 5) is 35.1. The number of likely N-dealkylation sites (tertiary alicyclic amines) is 1. The predicted molar refractivity (Wildman–Crippen MR) is 63.5 cm³/mol. The van der Waals surface area contributed by atoms with E-state index in [9.17, 15) is 14.4 Å². The molecule has 0 bridgehead atoms. The van der Waals surface area contributed by atoms with E-state index in [-0.39, 0.29) is 18.9 Å². The van der Waals surface area contributed by atoms with Gasteiger partial charge in [-0.1, -0.05) is 0 Å². The molecule has 96 valence electrons. The van der Waals surface area contributed by atoms with Crippen molar-refractivity contribution in [3.05, 3.63) is 0 Å². The number of hydrogen-bond acceptors (Lipinski definition) is 4. The number of carbonyl (C=O) groups is 3. The maximum Gasteiger partial charge on any atom is 0.327 e. The predicted octanol–water partition coefficient (Wildman–Crippen LogP) is -0.518. The number of rotatable bonds is 4. The molecule has 6 nitrogen and oxygen atoms in total. The summed E-state index contributed by atoms with van der Waals surface area (Å²) in [6.45, 7) is 3.27. The van der Waals surface area contributed by atoms with Gasteiger partial charge in [0.1, 0.15) is 6.04 Å². The molecule has 1 aliphatic rings. The summed E-state index contributed by atoms with van der Waals surface area (Å²) in [6.07, 6.45) is -0.0248. The third-order valence-corrected chi connectivity index (χ3v) is 3.02. The Morgan fingerprint density at radius 1 is 1.59 bits per heavy atom. The quantitative estimate of drug-likeness (QED) is 0.592. The van der Waals surface area contributed by atoms with Crippen molar-refractivity contribution in [2.75, 3.05) is 6.54 Å². The number of nitrogens with zero attached hydrogens (tertiary/aromatic N) is 1. The maximum absolute atomic E-state index is 11.7. The first-order chi connectivity index (χ1) is 7.64. The molecule has 0 spiro atoms. The highest BCUT2D eigenvalue weighted by Crippen LogP contribution is 2.28. The first-order valence-corrected chi connectivity index (χ1v) is 5.63. The zero-order valence-electron chi connectivity index (χ0n) is 9.71. The molecule has 1 heterocycles. The fourth-order valence-electron chi connectivity index (χ4n) is 1.99. The highest BCUT2D eigenvalue weighted by atomic mass is 32.1. The lowest BCUT2D eigenvalue weighted by Gasteiger charge is -2.33. The van der Waals surface area contributed by atoms with Gasteiger partial charge in [-0.15, -0.1) is 0 Å². The van der Waals surface area contributed by atoms with Gasteiger partial charge in [-0.05, 0) is 13.8 Å². The fraction of sp³-hybridized carbons (Fsp3) is 0.700. The second-order valence-corrected chi connectivity index (χ2v) is 5.90. The zero-order chi connectivity index (χ0) is 13.4. The highest BCUT2D eigenvalue weighted by Gasteiger charge is 2.45. The molecule has 0 aromatic rings. The van der Waals surface area contributed by atoms with Gasteiger partial charge in [0, 0.05) is 17.7 Å². The molecular formula is C10H16N2O4S. The minimum absolute atomic E-state index is 0.0248. The molecule has 1 aliphatic heterocycles. The molecule has 1 unspecified atom stereocenters. The van der Waals surface area contributed by atoms with Gasteiger partial charge >= 0.3 is 5.97 Å². The van der Waals surface area contributed by atoms with E-state index in [1.165, 1.54) is 4.90 Å². The van der Waals surface area contributed by atoms with Crippen LogP contribution in [0.4, 0.5) is 0 Å². The molecule has 1 fully saturated rings. The average molecular weight is 260 g/mol. The number of carboxylic acid groups (broad SMARTS) is 1. The van der Waals surface area contributed by atoms with E-state index in [4.69, 9.17) is 10.8 Å². The van der Waals surface area contributed by atoms with E-state index in [2.05, 4.69) is 12.6 Å². The number of aliphatic carboxylic acids is 1. The van der Waals surface area contributed by atoms with E-state index in [0.29, 0.717) is 0 Å². The Labute approximate surface area is 105 Å². The number of carbonyl (C=O) groups excluding carboxylic acids is 2. The second-order valence-electron chi connectivity index (χ2n) is 4.74. The third kappa shape index (κ3) is 2.91. The van der Waals surface area contributed by atoms with Crippen molar-refractivity contribution in [3.8, 4) is 0 Å². The molecule has 2 amide bonds. The summed E-state index contributed by atoms with van der Waals surface area (Å²) in [5.41, 5.74) is 5.12. The van der Waals surface area contributed by atoms with Crippen molar-refractivity contribution in [2.24, 2.45) is 11.7 Å². The number of hydrogen-bond donors (Lipinski definition) is 3. The molecule has 2 atom stereocenters. The largest absolute Gasteiger partial charge is 0.480 e. The second kappa shape index (κ2) is 4.56. The Morgan fingerprint density at radius 2 is 2.12 bits per heavy atom. The minimum atomic E-state index is -1.14. The Balaban J connectivity index is 2.95. The third-order valence-electron chi connectivity index (χ3n) is 2.78. The SMILES string of the molecule is CC(C)(S)[C@@H](C(=O)O)N1CC(C(N)=O)CC1=O. The van der Waals surface area contributed by atoms with Crippen LogP contribution in [0.3, 0.4) is 0 Å². The van der Waals surface area contributed by atoms with Gasteiger partial charge in [-0.2, -0.15) is 12.6 Å². The number of thiol groups is 1. The van der Waals surface area contributed by atoms with Crippen molar-refractivity contribution in [1.29, 1.82) is 0 Å². The van der Waals surface area contributed by atoms with E-state index in [1.807, 2.05) is 0 Å². The smallest absolute Gasteiger partial charge is 0.327 e. The Kier molecular flexibility index (Phi) is 3.71. The first kappa shape index (κ1) is 13.8. The standard InChI is InChI=1S/C10H16N2O4S/c1-10(2,17)7(9(15)16)12-4-5(8(11)14)3-6(12)13/h5,7,17H,3-4H2,1-2H3,(H2,11,14)(H,15,16)/t5?,7-/m1/s1. The normalized spacial score (nSPS) is 22.6. The topological polar surface area (TPSA) is 101 Å². The number of primary amides is 1. The zero-order valence-corrected chi connectivity index (χ0v) is 10.6. The molecule has 0 radical (unpaired) electrons. The summed E-state index contributed by atoms with van der Waals surface area (Å²) in [7, 11) is 0. The van der Waals surface area contributed by atoms with Gasteiger partial charge in [0.05, 0.1) is 5.92 Å². The van der Waals surface area contributed by atoms with E-state index < -0.39 is 28.6 Å². The molecule has 0 aliphatic carbocycles. The van der Waals surface area contributed by atoms with E-state index in [1.54, 1.807) is 13.8 Å². The van der Waals surface area contributed by atoms with Crippen LogP contribution in [0, 0.1) is 5.92 Å². The van der Waals surface area contributed by atoms with Crippen molar-refractivity contribution < 1.29 is 19.5 Å². The van der Waals surface area contributed by atoms with Gasteiger partial charge in [-0.3, -0.25) is 9.59 Å². The van der Waals surface area contributed by atoms with Crippen LogP contribution in [0.15, 0.2) is 0 Å². The fourth-order valence-corrected chi connectivity index (χ4v) is 2.24. The van der Waals surface area contributed by atoms with Gasteiger partial charge < -0.3 is 15.7 Å². The summed E-state index contributed by atoms with van der Waals surface area (Å²) in [6, 6.07) is -1.07. The molecule has 1 rings (SSSR count). The molecule has 0 aromatic carbocycles. The van der Waals surface area contributed by atoms with Gasteiger partial charge in [-0.25, -0.2) is 4.79 Å². The van der Waals surface area contributed by atoms with Gasteiger partial charge in [0.25, 0.3) is 0 Å². The van der Waals surface area contributed by atoms with E-state index >= 15 is 0 Å². The van der Waals surface area contributed by atoms with Crippen molar-refractivity contribution in [2.45, 2.75) is 31.1 Å². The molecule has 0 saturated carbocycles. The Hall–Kier alpha value is -1.24. The highest BCUT2D eigenvalue weighted by molar-refractivity contribution is 7.81. The summed E-state index contributed by atoms with van der Waals surface area (Å²) < 4.78 is -0.895. The summed E-state index contributed by atoms with van der Waals surface area (Å²) in [5, 5.41) is 9.15. The van der Waals surface area contributed by atoms with E-state index in [0.717, 1.165) is 0 Å². The maximum atomic E-state index is 11.7. The lowest BCUT2D eigenvalue weighted by molar-refractivity contribution is -0.149. The van der Waals surface area contributed by atoms with Gasteiger partial charge in [0.15, 0.2) is 0 Å². The van der Waals surface area contributed by atoms with Crippen molar-refractivity contribution >= 4 is 30.4 Å². The average Bonchev–Trinajstić information content (AvgIpc) is 2.45. The number of amides is 2. The van der Waals surface area contributed by atoms with Crippen LogP contribution in [0.5, 0.6) is 0 Å². The number of carboxylic acids is 1. The van der Waals surface area contributed by atoms with Crippen LogP contribution in [0.1, 0.15) is 20.3 Å². The van der Waals surface area contributed by atoms with Crippen LogP contribution in [0.2, 0.25) is 0 Å². The van der Waals surface area contributed by atoms with Crippen LogP contribution < -0.4 is 5.73 Å². The van der Waals surface area contributed by atoms with Crippen molar-refractivity contribution in [1.82, 2.24) is 4.90 Å². The molecular weight excluding hydrogens is 244 g/mol. The molecule has 3 N–H and O–H groups in total. The monoisotopic (exact) mass is 260 g/mol. The minimum Gasteiger partial charge on any atom is -0.480 e. The van der Waals surface area contributed by atoms with Gasteiger partial charge in [0.2, 0.25) is 11.8 Å². The number of nitrogens with two attached hydrogens (primary N) is 1. The van der Waals surface area contributed by atoms with Crippen molar-refractivity contribution in [3.63, 3.8) is 0 Å².